The molecule has 0 bridgehead atoms. The summed E-state index contributed by atoms with van der Waals surface area (Å²) in [4.78, 5) is 12.2. The van der Waals surface area contributed by atoms with Gasteiger partial charge in [0.1, 0.15) is 0 Å². The van der Waals surface area contributed by atoms with Gasteiger partial charge in [0.15, 0.2) is 0 Å². The molecule has 0 saturated heterocycles. The van der Waals surface area contributed by atoms with Crippen molar-refractivity contribution in [1.29, 1.82) is 0 Å². The van der Waals surface area contributed by atoms with Gasteiger partial charge in [0.05, 0.1) is 0 Å². The first-order valence-electron chi connectivity index (χ1n) is 7.01. The molecule has 1 aliphatic carbocycles. The zero-order valence-corrected chi connectivity index (χ0v) is 11.7. The predicted octanol–water partition coefficient (Wildman–Crippen LogP) is 2.30. The fourth-order valence-electron chi connectivity index (χ4n) is 2.64. The molecule has 0 aliphatic heterocycles. The van der Waals surface area contributed by atoms with E-state index in [2.05, 4.69) is 33.0 Å². The summed E-state index contributed by atoms with van der Waals surface area (Å²) < 4.78 is 0. The Morgan fingerprint density at radius 3 is 2.53 bits per heavy atom. The van der Waals surface area contributed by atoms with Gasteiger partial charge >= 0.3 is 0 Å². The molecule has 3 N–H and O–H groups in total. The smallest absolute Gasteiger partial charge is 0.223 e. The van der Waals surface area contributed by atoms with Gasteiger partial charge in [-0.1, -0.05) is 27.7 Å². The summed E-state index contributed by atoms with van der Waals surface area (Å²) >= 11 is 0. The van der Waals surface area contributed by atoms with E-state index in [1.165, 1.54) is 0 Å². The van der Waals surface area contributed by atoms with Gasteiger partial charge in [0.2, 0.25) is 5.91 Å². The Morgan fingerprint density at radius 2 is 2.06 bits per heavy atom. The lowest BCUT2D eigenvalue weighted by Gasteiger charge is -2.32. The Balaban J connectivity index is 2.47. The maximum Gasteiger partial charge on any atom is 0.223 e. The maximum atomic E-state index is 12.2. The third-order valence-corrected chi connectivity index (χ3v) is 4.20. The number of hydrogen-bond acceptors (Lipinski definition) is 2. The lowest BCUT2D eigenvalue weighted by molar-refractivity contribution is -0.127. The molecule has 0 aromatic heterocycles. The minimum absolute atomic E-state index is 0.133. The van der Waals surface area contributed by atoms with Crippen molar-refractivity contribution in [2.24, 2.45) is 23.5 Å². The van der Waals surface area contributed by atoms with Crippen LogP contribution in [0.3, 0.4) is 0 Å². The van der Waals surface area contributed by atoms with E-state index in [-0.39, 0.29) is 17.9 Å². The molecule has 3 heteroatoms. The van der Waals surface area contributed by atoms with E-state index in [0.717, 1.165) is 25.7 Å². The van der Waals surface area contributed by atoms with Gasteiger partial charge in [-0.3, -0.25) is 4.79 Å². The summed E-state index contributed by atoms with van der Waals surface area (Å²) in [5.41, 5.74) is 6.05. The second-order valence-electron chi connectivity index (χ2n) is 5.92. The van der Waals surface area contributed by atoms with Crippen molar-refractivity contribution in [3.05, 3.63) is 0 Å². The lowest BCUT2D eigenvalue weighted by Crippen LogP contribution is -2.45. The number of carbonyl (C=O) groups excluding carboxylic acids is 1. The van der Waals surface area contributed by atoms with Crippen molar-refractivity contribution in [3.8, 4) is 0 Å². The van der Waals surface area contributed by atoms with Crippen LogP contribution in [0.15, 0.2) is 0 Å². The van der Waals surface area contributed by atoms with Gasteiger partial charge in [0.25, 0.3) is 0 Å². The molecule has 1 aliphatic rings. The Kier molecular flexibility index (Phi) is 5.44. The first kappa shape index (κ1) is 14.5. The first-order valence-corrected chi connectivity index (χ1v) is 7.01. The summed E-state index contributed by atoms with van der Waals surface area (Å²) in [5, 5.41) is 3.18. The summed E-state index contributed by atoms with van der Waals surface area (Å²) in [5.74, 6) is 1.41. The van der Waals surface area contributed by atoms with Gasteiger partial charge < -0.3 is 11.1 Å². The van der Waals surface area contributed by atoms with Gasteiger partial charge in [-0.05, 0) is 37.5 Å². The van der Waals surface area contributed by atoms with E-state index in [9.17, 15) is 4.79 Å². The standard InChI is InChI=1S/C14H28N2O/c1-5-13(9(2)3)16-14(17)11-7-6-10(4)12(15)8-11/h9-13H,5-8,15H2,1-4H3,(H,16,17). The van der Waals surface area contributed by atoms with Crippen LogP contribution < -0.4 is 11.1 Å². The van der Waals surface area contributed by atoms with Crippen LogP contribution in [0.25, 0.3) is 0 Å². The molecular weight excluding hydrogens is 212 g/mol. The van der Waals surface area contributed by atoms with Crippen LogP contribution >= 0.6 is 0 Å². The van der Waals surface area contributed by atoms with Crippen LogP contribution in [-0.4, -0.2) is 18.0 Å². The van der Waals surface area contributed by atoms with Gasteiger partial charge in [-0.25, -0.2) is 0 Å². The van der Waals surface area contributed by atoms with Gasteiger partial charge in [-0.15, -0.1) is 0 Å². The zero-order chi connectivity index (χ0) is 13.0. The van der Waals surface area contributed by atoms with Crippen LogP contribution in [-0.2, 0) is 4.79 Å². The lowest BCUT2D eigenvalue weighted by atomic mass is 9.79. The Labute approximate surface area is 106 Å². The van der Waals surface area contributed by atoms with Crippen molar-refractivity contribution < 1.29 is 4.79 Å². The second-order valence-corrected chi connectivity index (χ2v) is 5.92. The van der Waals surface area contributed by atoms with Crippen LogP contribution in [0, 0.1) is 17.8 Å². The molecule has 3 nitrogen and oxygen atoms in total. The summed E-state index contributed by atoms with van der Waals surface area (Å²) in [6.07, 6.45) is 3.92. The largest absolute Gasteiger partial charge is 0.353 e. The highest BCUT2D eigenvalue weighted by Crippen LogP contribution is 2.28. The van der Waals surface area contributed by atoms with Crippen molar-refractivity contribution in [1.82, 2.24) is 5.32 Å². The number of nitrogens with two attached hydrogens (primary N) is 1. The van der Waals surface area contributed by atoms with Crippen molar-refractivity contribution >= 4 is 5.91 Å². The number of amides is 1. The topological polar surface area (TPSA) is 55.1 Å². The van der Waals surface area contributed by atoms with E-state index in [1.807, 2.05) is 0 Å². The molecule has 0 radical (unpaired) electrons. The molecule has 0 heterocycles. The summed E-state index contributed by atoms with van der Waals surface area (Å²) in [6, 6.07) is 0.497. The molecule has 17 heavy (non-hydrogen) atoms. The van der Waals surface area contributed by atoms with E-state index >= 15 is 0 Å². The fraction of sp³-hybridized carbons (Fsp3) is 0.929. The molecule has 1 rings (SSSR count). The molecule has 1 saturated carbocycles. The van der Waals surface area contributed by atoms with E-state index in [0.29, 0.717) is 17.9 Å². The fourth-order valence-corrected chi connectivity index (χ4v) is 2.64. The number of hydrogen-bond donors (Lipinski definition) is 2. The minimum Gasteiger partial charge on any atom is -0.353 e. The molecule has 1 amide bonds. The average molecular weight is 240 g/mol. The van der Waals surface area contributed by atoms with E-state index in [1.54, 1.807) is 0 Å². The molecular formula is C14H28N2O. The SMILES string of the molecule is CCC(NC(=O)C1CCC(C)C(N)C1)C(C)C. The average Bonchev–Trinajstić information content (AvgIpc) is 2.28. The minimum atomic E-state index is 0.133. The Morgan fingerprint density at radius 1 is 1.41 bits per heavy atom. The number of nitrogens with one attached hydrogen (secondary N) is 1. The first-order chi connectivity index (χ1) is 7.95. The molecule has 1 fully saturated rings. The van der Waals surface area contributed by atoms with Crippen LogP contribution in [0.4, 0.5) is 0 Å². The predicted molar refractivity (Wildman–Crippen MR) is 71.5 cm³/mol. The van der Waals surface area contributed by atoms with Crippen molar-refractivity contribution in [3.63, 3.8) is 0 Å². The molecule has 0 spiro atoms. The normalized spacial score (nSPS) is 31.3. The molecule has 4 atom stereocenters. The van der Waals surface area contributed by atoms with Crippen molar-refractivity contribution in [2.45, 2.75) is 65.5 Å². The Hall–Kier alpha value is -0.570. The highest BCUT2D eigenvalue weighted by molar-refractivity contribution is 5.79. The van der Waals surface area contributed by atoms with Crippen LogP contribution in [0.1, 0.15) is 53.4 Å². The number of rotatable bonds is 4. The molecule has 4 unspecified atom stereocenters. The molecule has 100 valence electrons. The van der Waals surface area contributed by atoms with Crippen LogP contribution in [0.2, 0.25) is 0 Å². The Bertz CT molecular complexity index is 253. The highest BCUT2D eigenvalue weighted by Gasteiger charge is 2.30. The third kappa shape index (κ3) is 3.98. The van der Waals surface area contributed by atoms with E-state index < -0.39 is 0 Å². The monoisotopic (exact) mass is 240 g/mol. The third-order valence-electron chi connectivity index (χ3n) is 4.20. The van der Waals surface area contributed by atoms with Gasteiger partial charge in [-0.2, -0.15) is 0 Å². The van der Waals surface area contributed by atoms with E-state index in [4.69, 9.17) is 5.73 Å². The second kappa shape index (κ2) is 6.39. The van der Waals surface area contributed by atoms with Gasteiger partial charge in [0, 0.05) is 18.0 Å². The summed E-state index contributed by atoms with van der Waals surface area (Å²) in [7, 11) is 0. The highest BCUT2D eigenvalue weighted by atomic mass is 16.1. The molecule has 0 aromatic rings. The zero-order valence-electron chi connectivity index (χ0n) is 11.7. The number of carbonyl (C=O) groups is 1. The molecule has 0 aromatic carbocycles. The quantitative estimate of drug-likeness (QED) is 0.792. The van der Waals surface area contributed by atoms with Crippen LogP contribution in [0.5, 0.6) is 0 Å². The maximum absolute atomic E-state index is 12.2. The van der Waals surface area contributed by atoms with Crippen molar-refractivity contribution in [2.75, 3.05) is 0 Å². The summed E-state index contributed by atoms with van der Waals surface area (Å²) in [6.45, 7) is 8.62.